The summed E-state index contributed by atoms with van der Waals surface area (Å²) in [5.41, 5.74) is 1.81. The normalized spacial score (nSPS) is 20.0. The van der Waals surface area contributed by atoms with Gasteiger partial charge in [-0.2, -0.15) is 8.42 Å². The summed E-state index contributed by atoms with van der Waals surface area (Å²) in [6.07, 6.45) is 0.954. The molecule has 2 aliphatic heterocycles. The van der Waals surface area contributed by atoms with Crippen LogP contribution in [0.5, 0.6) is 0 Å². The molecule has 1 atom stereocenters. The van der Waals surface area contributed by atoms with Gasteiger partial charge in [-0.25, -0.2) is 0 Å². The number of likely N-dealkylation sites (N-methyl/N-ethyl adjacent to an activating group) is 1. The fourth-order valence-corrected chi connectivity index (χ4v) is 4.54. The van der Waals surface area contributed by atoms with Crippen LogP contribution in [0.2, 0.25) is 0 Å². The van der Waals surface area contributed by atoms with E-state index < -0.39 is 10.0 Å². The minimum Gasteiger partial charge on any atom is -0.339 e. The Morgan fingerprint density at radius 2 is 1.93 bits per heavy atom. The van der Waals surface area contributed by atoms with Crippen molar-refractivity contribution in [2.24, 2.45) is 4.40 Å². The third kappa shape index (κ3) is 3.33. The first-order chi connectivity index (χ1) is 13.0. The number of amides is 1. The maximum Gasteiger partial charge on any atom is 0.285 e. The second-order valence-electron chi connectivity index (χ2n) is 6.68. The number of carbonyl (C=O) groups excluding carboxylic acids is 1. The minimum atomic E-state index is -3.66. The van der Waals surface area contributed by atoms with Gasteiger partial charge >= 0.3 is 0 Å². The van der Waals surface area contributed by atoms with Crippen LogP contribution in [-0.4, -0.2) is 51.2 Å². The Bertz CT molecular complexity index is 1010. The van der Waals surface area contributed by atoms with Crippen molar-refractivity contribution in [2.45, 2.75) is 17.4 Å². The van der Waals surface area contributed by atoms with Crippen molar-refractivity contribution in [3.8, 4) is 0 Å². The maximum atomic E-state index is 12.6. The molecule has 7 nitrogen and oxygen atoms in total. The number of nitrogens with one attached hydrogen (secondary N) is 2. The average molecular weight is 384 g/mol. The van der Waals surface area contributed by atoms with Gasteiger partial charge in [-0.05, 0) is 49.4 Å². The largest absolute Gasteiger partial charge is 0.339 e. The minimum absolute atomic E-state index is 0.0265. The van der Waals surface area contributed by atoms with Crippen LogP contribution >= 0.6 is 0 Å². The molecule has 0 radical (unpaired) electrons. The van der Waals surface area contributed by atoms with Crippen molar-refractivity contribution in [3.63, 3.8) is 0 Å². The summed E-state index contributed by atoms with van der Waals surface area (Å²) in [6.45, 7) is 1.74. The number of nitrogens with zero attached hydrogens (tertiary/aromatic N) is 2. The van der Waals surface area contributed by atoms with E-state index in [2.05, 4.69) is 15.0 Å². The van der Waals surface area contributed by atoms with Crippen molar-refractivity contribution in [2.75, 3.05) is 25.5 Å². The quantitative estimate of drug-likeness (QED) is 0.840. The lowest BCUT2D eigenvalue weighted by atomic mass is 10.1. The molecule has 2 heterocycles. The highest BCUT2D eigenvalue weighted by atomic mass is 32.2. The van der Waals surface area contributed by atoms with Gasteiger partial charge in [0.15, 0.2) is 5.84 Å². The number of sulfonamides is 1. The molecule has 27 heavy (non-hydrogen) atoms. The molecule has 2 aromatic rings. The molecule has 1 amide bonds. The number of benzene rings is 2. The molecule has 1 fully saturated rings. The maximum absolute atomic E-state index is 12.6. The lowest BCUT2D eigenvalue weighted by Crippen LogP contribution is -2.38. The lowest BCUT2D eigenvalue weighted by molar-refractivity contribution is 0.0744. The van der Waals surface area contributed by atoms with Crippen molar-refractivity contribution in [1.29, 1.82) is 0 Å². The molecule has 0 bridgehead atoms. The van der Waals surface area contributed by atoms with E-state index in [-0.39, 0.29) is 16.8 Å². The summed E-state index contributed by atoms with van der Waals surface area (Å²) in [7, 11) is -1.84. The van der Waals surface area contributed by atoms with Gasteiger partial charge in [0.25, 0.3) is 15.9 Å². The molecule has 0 aromatic heterocycles. The number of hydrogen-bond donors (Lipinski definition) is 2. The fraction of sp³-hybridized carbons (Fsp3) is 0.263. The second kappa shape index (κ2) is 6.79. The van der Waals surface area contributed by atoms with E-state index in [0.29, 0.717) is 22.6 Å². The highest BCUT2D eigenvalue weighted by Crippen LogP contribution is 2.26. The van der Waals surface area contributed by atoms with E-state index in [9.17, 15) is 13.2 Å². The molecule has 140 valence electrons. The standard InChI is InChI=1S/C19H20N4O3S/c1-23(15-10-11-20-12-15)19(24)13-6-8-14(9-7-13)21-18-16-4-2-3-5-17(16)27(25,26)22-18/h2-9,15,20H,10-12H2,1H3,(H,21,22). The van der Waals surface area contributed by atoms with Crippen LogP contribution in [0.25, 0.3) is 0 Å². The van der Waals surface area contributed by atoms with Crippen molar-refractivity contribution in [3.05, 3.63) is 59.7 Å². The van der Waals surface area contributed by atoms with Crippen molar-refractivity contribution in [1.82, 2.24) is 10.2 Å². The van der Waals surface area contributed by atoms with Gasteiger partial charge in [0.1, 0.15) is 4.90 Å². The van der Waals surface area contributed by atoms with Crippen LogP contribution in [0.1, 0.15) is 22.3 Å². The molecule has 0 spiro atoms. The van der Waals surface area contributed by atoms with E-state index in [1.54, 1.807) is 53.4 Å². The van der Waals surface area contributed by atoms with E-state index in [1.807, 2.05) is 7.05 Å². The van der Waals surface area contributed by atoms with E-state index in [4.69, 9.17) is 0 Å². The summed E-state index contributed by atoms with van der Waals surface area (Å²) in [4.78, 5) is 14.6. The molecule has 2 N–H and O–H groups in total. The number of hydrogen-bond acceptors (Lipinski definition) is 5. The summed E-state index contributed by atoms with van der Waals surface area (Å²) in [5, 5.41) is 6.30. The molecule has 8 heteroatoms. The van der Waals surface area contributed by atoms with Gasteiger partial charge in [0, 0.05) is 36.4 Å². The third-order valence-corrected chi connectivity index (χ3v) is 6.26. The fourth-order valence-electron chi connectivity index (χ4n) is 3.37. The van der Waals surface area contributed by atoms with Crippen LogP contribution in [0.3, 0.4) is 0 Å². The van der Waals surface area contributed by atoms with Gasteiger partial charge in [0.2, 0.25) is 0 Å². The molecule has 2 aliphatic rings. The van der Waals surface area contributed by atoms with E-state index >= 15 is 0 Å². The number of rotatable bonds is 3. The first-order valence-electron chi connectivity index (χ1n) is 8.75. The Hall–Kier alpha value is -2.71. The van der Waals surface area contributed by atoms with Crippen LogP contribution in [0.4, 0.5) is 5.69 Å². The monoisotopic (exact) mass is 384 g/mol. The Labute approximate surface area is 158 Å². The highest BCUT2D eigenvalue weighted by molar-refractivity contribution is 7.90. The lowest BCUT2D eigenvalue weighted by Gasteiger charge is -2.23. The number of fused-ring (bicyclic) bond motifs is 1. The SMILES string of the molecule is CN(C(=O)c1ccc(NC2=NS(=O)(=O)c3ccccc32)cc1)C1CCNC1. The highest BCUT2D eigenvalue weighted by Gasteiger charge is 2.28. The molecule has 0 aliphatic carbocycles. The van der Waals surface area contributed by atoms with Gasteiger partial charge in [-0.15, -0.1) is 4.40 Å². The molecular weight excluding hydrogens is 364 g/mol. The molecule has 2 aromatic carbocycles. The third-order valence-electron chi connectivity index (χ3n) is 4.93. The Morgan fingerprint density at radius 3 is 2.63 bits per heavy atom. The first kappa shape index (κ1) is 17.7. The van der Waals surface area contributed by atoms with Crippen LogP contribution in [0.15, 0.2) is 57.8 Å². The Balaban J connectivity index is 1.51. The number of anilines is 1. The summed E-state index contributed by atoms with van der Waals surface area (Å²) < 4.78 is 28.0. The summed E-state index contributed by atoms with van der Waals surface area (Å²) >= 11 is 0. The summed E-state index contributed by atoms with van der Waals surface area (Å²) in [6, 6.07) is 13.9. The first-order valence-corrected chi connectivity index (χ1v) is 10.2. The Kier molecular flexibility index (Phi) is 4.45. The van der Waals surface area contributed by atoms with Crippen LogP contribution in [-0.2, 0) is 10.0 Å². The zero-order chi connectivity index (χ0) is 19.0. The van der Waals surface area contributed by atoms with Gasteiger partial charge in [0.05, 0.1) is 0 Å². The number of carbonyl (C=O) groups is 1. The van der Waals surface area contributed by atoms with Gasteiger partial charge in [-0.3, -0.25) is 4.79 Å². The van der Waals surface area contributed by atoms with Gasteiger partial charge < -0.3 is 15.5 Å². The average Bonchev–Trinajstić information content (AvgIpc) is 3.29. The van der Waals surface area contributed by atoms with Gasteiger partial charge in [-0.1, -0.05) is 12.1 Å². The molecule has 4 rings (SSSR count). The molecular formula is C19H20N4O3S. The molecule has 0 saturated carbocycles. The van der Waals surface area contributed by atoms with Crippen molar-refractivity contribution < 1.29 is 13.2 Å². The predicted molar refractivity (Wildman–Crippen MR) is 104 cm³/mol. The van der Waals surface area contributed by atoms with Crippen LogP contribution in [0, 0.1) is 0 Å². The second-order valence-corrected chi connectivity index (χ2v) is 8.25. The topological polar surface area (TPSA) is 90.9 Å². The van der Waals surface area contributed by atoms with Crippen molar-refractivity contribution >= 4 is 27.5 Å². The Morgan fingerprint density at radius 1 is 1.19 bits per heavy atom. The zero-order valence-corrected chi connectivity index (χ0v) is 15.7. The van der Waals surface area contributed by atoms with E-state index in [0.717, 1.165) is 19.5 Å². The molecule has 1 saturated heterocycles. The number of amidine groups is 1. The van der Waals surface area contributed by atoms with E-state index in [1.165, 1.54) is 0 Å². The molecule has 1 unspecified atom stereocenters. The summed E-state index contributed by atoms with van der Waals surface area (Å²) in [5.74, 6) is 0.264. The smallest absolute Gasteiger partial charge is 0.285 e. The zero-order valence-electron chi connectivity index (χ0n) is 14.8. The predicted octanol–water partition coefficient (Wildman–Crippen LogP) is 1.68. The van der Waals surface area contributed by atoms with Crippen LogP contribution < -0.4 is 10.6 Å².